The number of benzene rings is 1. The molecule has 1 aromatic rings. The Kier molecular flexibility index (Phi) is 8.80. The molecule has 0 saturated heterocycles. The second kappa shape index (κ2) is 11.8. The number of ether oxygens (including phenoxy) is 1. The van der Waals surface area contributed by atoms with Crippen molar-refractivity contribution in [3.05, 3.63) is 93.8 Å². The van der Waals surface area contributed by atoms with Gasteiger partial charge in [-0.25, -0.2) is 0 Å². The van der Waals surface area contributed by atoms with Crippen LogP contribution in [0.2, 0.25) is 0 Å². The normalized spacial score (nSPS) is 19.2. The fourth-order valence-electron chi connectivity index (χ4n) is 4.79. The van der Waals surface area contributed by atoms with Gasteiger partial charge in [0.25, 0.3) is 0 Å². The van der Waals surface area contributed by atoms with Crippen LogP contribution in [0.1, 0.15) is 46.1 Å². The Labute approximate surface area is 226 Å². The van der Waals surface area contributed by atoms with E-state index in [0.29, 0.717) is 12.1 Å². The van der Waals surface area contributed by atoms with Crippen LogP contribution in [-0.2, 0) is 4.74 Å². The molecule has 1 aliphatic carbocycles. The predicted octanol–water partition coefficient (Wildman–Crippen LogP) is 6.29. The van der Waals surface area contributed by atoms with Crippen molar-refractivity contribution in [2.45, 2.75) is 46.1 Å². The third kappa shape index (κ3) is 6.71. The summed E-state index contributed by atoms with van der Waals surface area (Å²) in [7, 11) is 1.96. The number of anilines is 1. The van der Waals surface area contributed by atoms with Gasteiger partial charge in [0.05, 0.1) is 6.61 Å². The molecule has 0 fully saturated rings. The summed E-state index contributed by atoms with van der Waals surface area (Å²) < 4.78 is 5.84. The summed E-state index contributed by atoms with van der Waals surface area (Å²) in [5.74, 6) is 0.0500. The summed E-state index contributed by atoms with van der Waals surface area (Å²) in [5.41, 5.74) is 4.53. The fraction of sp³-hybridized carbons (Fsp3) is 0.344. The summed E-state index contributed by atoms with van der Waals surface area (Å²) in [6.07, 6.45) is 14.2. The highest BCUT2D eigenvalue weighted by Crippen LogP contribution is 2.41. The maximum absolute atomic E-state index is 9.73. The Bertz CT molecular complexity index is 1360. The van der Waals surface area contributed by atoms with E-state index in [9.17, 15) is 15.8 Å². The molecule has 38 heavy (non-hydrogen) atoms. The first kappa shape index (κ1) is 28.3. The van der Waals surface area contributed by atoms with E-state index in [1.165, 1.54) is 11.1 Å². The largest absolute Gasteiger partial charge is 0.480 e. The third-order valence-corrected chi connectivity index (χ3v) is 6.63. The average molecular weight is 507 g/mol. The molecule has 6 nitrogen and oxygen atoms in total. The maximum atomic E-state index is 9.73. The smallest absolute Gasteiger partial charge is 0.172 e. The third-order valence-electron chi connectivity index (χ3n) is 6.63. The van der Waals surface area contributed by atoms with Crippen molar-refractivity contribution < 1.29 is 9.84 Å². The predicted molar refractivity (Wildman–Crippen MR) is 150 cm³/mol. The molecule has 0 unspecified atom stereocenters. The zero-order valence-electron chi connectivity index (χ0n) is 22.7. The van der Waals surface area contributed by atoms with E-state index in [0.717, 1.165) is 24.1 Å². The molecule has 1 heterocycles. The van der Waals surface area contributed by atoms with Crippen LogP contribution in [0, 0.1) is 39.4 Å². The Morgan fingerprint density at radius 1 is 1.03 bits per heavy atom. The number of aliphatic hydroxyl groups is 1. The molecule has 0 atom stereocenters. The number of aliphatic hydroxyl groups excluding tert-OH is 1. The van der Waals surface area contributed by atoms with Gasteiger partial charge in [-0.05, 0) is 60.9 Å². The van der Waals surface area contributed by atoms with Crippen molar-refractivity contribution in [3.8, 4) is 18.2 Å². The molecule has 6 heteroatoms. The van der Waals surface area contributed by atoms with E-state index in [1.807, 2.05) is 50.1 Å². The van der Waals surface area contributed by atoms with E-state index in [4.69, 9.17) is 9.84 Å². The van der Waals surface area contributed by atoms with Crippen LogP contribution in [0.25, 0.3) is 6.08 Å². The Morgan fingerprint density at radius 2 is 1.71 bits per heavy atom. The molecule has 1 aliphatic heterocycles. The van der Waals surface area contributed by atoms with Crippen LogP contribution < -0.4 is 4.90 Å². The van der Waals surface area contributed by atoms with Gasteiger partial charge in [-0.3, -0.25) is 0 Å². The van der Waals surface area contributed by atoms with Crippen LogP contribution in [0.15, 0.2) is 88.3 Å². The van der Waals surface area contributed by atoms with E-state index in [1.54, 1.807) is 0 Å². The first-order valence-corrected chi connectivity index (χ1v) is 12.6. The van der Waals surface area contributed by atoms with Crippen molar-refractivity contribution in [2.75, 3.05) is 25.1 Å². The van der Waals surface area contributed by atoms with Crippen molar-refractivity contribution >= 4 is 11.8 Å². The van der Waals surface area contributed by atoms with Crippen molar-refractivity contribution in [2.24, 2.45) is 5.41 Å². The molecular formula is C32H34N4O2. The van der Waals surface area contributed by atoms with Crippen molar-refractivity contribution in [1.82, 2.24) is 0 Å². The summed E-state index contributed by atoms with van der Waals surface area (Å²) in [5, 5.41) is 37.4. The second-order valence-corrected chi connectivity index (χ2v) is 10.8. The van der Waals surface area contributed by atoms with Gasteiger partial charge in [0.15, 0.2) is 11.3 Å². The summed E-state index contributed by atoms with van der Waals surface area (Å²) >= 11 is 0. The minimum atomic E-state index is -0.827. The Balaban J connectivity index is 1.86. The first-order valence-electron chi connectivity index (χ1n) is 12.6. The molecule has 0 radical (unpaired) electrons. The topological polar surface area (TPSA) is 104 Å². The minimum Gasteiger partial charge on any atom is -0.480 e. The zero-order chi connectivity index (χ0) is 27.9. The quantitative estimate of drug-likeness (QED) is 0.436. The average Bonchev–Trinajstić information content (AvgIpc) is 3.12. The summed E-state index contributed by atoms with van der Waals surface area (Å²) in [4.78, 5) is 2.02. The molecule has 0 amide bonds. The highest BCUT2D eigenvalue weighted by molar-refractivity contribution is 5.61. The molecule has 2 aliphatic rings. The number of hydrogen-bond acceptors (Lipinski definition) is 6. The van der Waals surface area contributed by atoms with Gasteiger partial charge >= 0.3 is 0 Å². The van der Waals surface area contributed by atoms with Crippen LogP contribution in [0.4, 0.5) is 5.69 Å². The lowest BCUT2D eigenvalue weighted by Crippen LogP contribution is -2.20. The summed E-state index contributed by atoms with van der Waals surface area (Å²) in [6, 6.07) is 14.0. The molecule has 194 valence electrons. The molecular weight excluding hydrogens is 472 g/mol. The van der Waals surface area contributed by atoms with Crippen LogP contribution in [0.5, 0.6) is 0 Å². The lowest BCUT2D eigenvalue weighted by atomic mass is 9.75. The van der Waals surface area contributed by atoms with E-state index in [2.05, 4.69) is 68.5 Å². The van der Waals surface area contributed by atoms with Crippen molar-refractivity contribution in [1.29, 1.82) is 15.8 Å². The van der Waals surface area contributed by atoms with Crippen LogP contribution >= 0.6 is 0 Å². The number of rotatable bonds is 7. The molecule has 3 rings (SSSR count). The molecule has 0 aromatic heterocycles. The van der Waals surface area contributed by atoms with Gasteiger partial charge in [0.1, 0.15) is 29.4 Å². The van der Waals surface area contributed by atoms with E-state index < -0.39 is 5.60 Å². The Hall–Kier alpha value is -4.31. The van der Waals surface area contributed by atoms with Gasteiger partial charge in [-0.15, -0.1) is 0 Å². The summed E-state index contributed by atoms with van der Waals surface area (Å²) in [6.45, 7) is 8.87. The van der Waals surface area contributed by atoms with Crippen LogP contribution in [-0.4, -0.2) is 30.9 Å². The highest BCUT2D eigenvalue weighted by atomic mass is 16.5. The van der Waals surface area contributed by atoms with E-state index in [-0.39, 0.29) is 28.9 Å². The Morgan fingerprint density at radius 3 is 2.32 bits per heavy atom. The standard InChI is InChI=1S/C32H34N4O2/c1-31(2)18-24(7-6-8-29-28(22-35)30(26(20-33)21-34)38-32(29,3)4)17-25(19-31)10-9-23-11-13-27(14-12-23)36(5)15-16-37/h6-14,17,37H,15-16,18-19H2,1-5H3/b8-6+,10-9+,24-7-. The molecule has 0 spiro atoms. The molecule has 0 bridgehead atoms. The van der Waals surface area contributed by atoms with Gasteiger partial charge in [-0.2, -0.15) is 15.8 Å². The fourth-order valence-corrected chi connectivity index (χ4v) is 4.79. The highest BCUT2D eigenvalue weighted by Gasteiger charge is 2.38. The lowest BCUT2D eigenvalue weighted by Gasteiger charge is -2.30. The van der Waals surface area contributed by atoms with Crippen molar-refractivity contribution in [3.63, 3.8) is 0 Å². The van der Waals surface area contributed by atoms with Gasteiger partial charge < -0.3 is 14.7 Å². The molecule has 0 saturated carbocycles. The SMILES string of the molecule is CN(CCO)c1ccc(/C=C/C2=CC(=C/C=C/C3=C(C#N)C(=C(C#N)C#N)OC3(C)C)/CC(C)(C)C2)cc1. The number of likely N-dealkylation sites (N-methyl/N-ethyl adjacent to an activating group) is 1. The van der Waals surface area contributed by atoms with E-state index >= 15 is 0 Å². The lowest BCUT2D eigenvalue weighted by molar-refractivity contribution is 0.0954. The van der Waals surface area contributed by atoms with Gasteiger partial charge in [-0.1, -0.05) is 62.4 Å². The number of hydrogen-bond donors (Lipinski definition) is 1. The number of allylic oxidation sites excluding steroid dienone is 8. The first-order chi connectivity index (χ1) is 18.0. The molecule has 1 aromatic carbocycles. The number of nitriles is 3. The van der Waals surface area contributed by atoms with Gasteiger partial charge in [0, 0.05) is 24.9 Å². The minimum absolute atomic E-state index is 0.0500. The maximum Gasteiger partial charge on any atom is 0.172 e. The van der Waals surface area contributed by atoms with Crippen LogP contribution in [0.3, 0.4) is 0 Å². The second-order valence-electron chi connectivity index (χ2n) is 10.8. The zero-order valence-corrected chi connectivity index (χ0v) is 22.7. The molecule has 1 N–H and O–H groups in total. The monoisotopic (exact) mass is 506 g/mol. The van der Waals surface area contributed by atoms with Gasteiger partial charge in [0.2, 0.25) is 0 Å². The number of nitrogens with zero attached hydrogens (tertiary/aromatic N) is 4.